The second kappa shape index (κ2) is 8.27. The van der Waals surface area contributed by atoms with E-state index in [9.17, 15) is 9.90 Å². The highest BCUT2D eigenvalue weighted by molar-refractivity contribution is 5.78. The highest BCUT2D eigenvalue weighted by atomic mass is 16.5. The molecule has 1 atom stereocenters. The van der Waals surface area contributed by atoms with Crippen molar-refractivity contribution in [3.05, 3.63) is 83.2 Å². The Labute approximate surface area is 163 Å². The molecule has 3 aromatic rings. The molecule has 28 heavy (non-hydrogen) atoms. The van der Waals surface area contributed by atoms with Gasteiger partial charge in [-0.3, -0.25) is 9.48 Å². The molecule has 0 saturated carbocycles. The summed E-state index contributed by atoms with van der Waals surface area (Å²) < 4.78 is 7.80. The van der Waals surface area contributed by atoms with Crippen molar-refractivity contribution in [2.45, 2.75) is 25.5 Å². The van der Waals surface area contributed by atoms with Gasteiger partial charge in [0.1, 0.15) is 11.9 Å². The number of carbonyl (C=O) groups is 1. The van der Waals surface area contributed by atoms with Crippen LogP contribution in [0.3, 0.4) is 0 Å². The predicted octanol–water partition coefficient (Wildman–Crippen LogP) is 2.61. The van der Waals surface area contributed by atoms with E-state index >= 15 is 0 Å². The average molecular weight is 377 g/mol. The fourth-order valence-electron chi connectivity index (χ4n) is 3.46. The summed E-state index contributed by atoms with van der Waals surface area (Å²) in [5.41, 5.74) is 4.04. The van der Waals surface area contributed by atoms with Crippen LogP contribution >= 0.6 is 0 Å². The molecule has 1 amide bonds. The number of aromatic hydroxyl groups is 1. The summed E-state index contributed by atoms with van der Waals surface area (Å²) in [6, 6.07) is 16.9. The van der Waals surface area contributed by atoms with Gasteiger partial charge in [0, 0.05) is 12.7 Å². The maximum absolute atomic E-state index is 12.3. The van der Waals surface area contributed by atoms with Crippen LogP contribution in [-0.2, 0) is 28.9 Å². The molecular weight excluding hydrogens is 354 g/mol. The fraction of sp³-hybridized carbons (Fsp3) is 0.273. The average Bonchev–Trinajstić information content (AvgIpc) is 3.10. The molecular formula is C22H23N3O3. The fourth-order valence-corrected chi connectivity index (χ4v) is 3.46. The van der Waals surface area contributed by atoms with Crippen molar-refractivity contribution in [1.82, 2.24) is 15.1 Å². The number of hydrogen-bond acceptors (Lipinski definition) is 4. The number of amides is 1. The van der Waals surface area contributed by atoms with Crippen LogP contribution in [0.5, 0.6) is 5.75 Å². The van der Waals surface area contributed by atoms with Crippen LogP contribution in [0.1, 0.15) is 28.5 Å². The van der Waals surface area contributed by atoms with E-state index in [1.165, 1.54) is 11.1 Å². The first-order valence-electron chi connectivity index (χ1n) is 9.44. The van der Waals surface area contributed by atoms with Gasteiger partial charge in [0.25, 0.3) is 0 Å². The third kappa shape index (κ3) is 4.40. The van der Waals surface area contributed by atoms with Crippen molar-refractivity contribution in [2.24, 2.45) is 0 Å². The Kier molecular flexibility index (Phi) is 5.39. The summed E-state index contributed by atoms with van der Waals surface area (Å²) in [5.74, 6) is 0.0551. The molecule has 0 spiro atoms. The van der Waals surface area contributed by atoms with Gasteiger partial charge in [-0.15, -0.1) is 0 Å². The van der Waals surface area contributed by atoms with Crippen LogP contribution in [0.25, 0.3) is 0 Å². The van der Waals surface area contributed by atoms with Crippen molar-refractivity contribution < 1.29 is 14.6 Å². The zero-order valence-corrected chi connectivity index (χ0v) is 15.5. The monoisotopic (exact) mass is 377 g/mol. The van der Waals surface area contributed by atoms with Crippen molar-refractivity contribution >= 4 is 5.91 Å². The molecule has 4 rings (SSSR count). The van der Waals surface area contributed by atoms with Gasteiger partial charge in [0.2, 0.25) is 5.91 Å². The van der Waals surface area contributed by atoms with Crippen molar-refractivity contribution in [3.8, 4) is 5.75 Å². The van der Waals surface area contributed by atoms with Crippen LogP contribution in [0.4, 0.5) is 0 Å². The van der Waals surface area contributed by atoms with Crippen LogP contribution in [-0.4, -0.2) is 33.9 Å². The number of aromatic nitrogens is 2. The van der Waals surface area contributed by atoms with Gasteiger partial charge >= 0.3 is 0 Å². The molecule has 0 bridgehead atoms. The predicted molar refractivity (Wildman–Crippen MR) is 105 cm³/mol. The van der Waals surface area contributed by atoms with Crippen LogP contribution in [0.15, 0.2) is 60.8 Å². The van der Waals surface area contributed by atoms with E-state index in [1.807, 2.05) is 28.9 Å². The van der Waals surface area contributed by atoms with E-state index in [1.54, 1.807) is 18.2 Å². The van der Waals surface area contributed by atoms with Crippen LogP contribution < -0.4 is 5.32 Å². The van der Waals surface area contributed by atoms with Gasteiger partial charge in [-0.1, -0.05) is 42.5 Å². The number of carbonyl (C=O) groups excluding carboxylic acids is 1. The number of ether oxygens (including phenoxy) is 1. The normalized spacial score (nSPS) is 15.8. The lowest BCUT2D eigenvalue weighted by Gasteiger charge is -2.22. The molecule has 1 aromatic heterocycles. The summed E-state index contributed by atoms with van der Waals surface area (Å²) in [6.07, 6.45) is 2.88. The topological polar surface area (TPSA) is 76.4 Å². The molecule has 2 N–H and O–H groups in total. The Morgan fingerprint density at radius 3 is 2.82 bits per heavy atom. The summed E-state index contributed by atoms with van der Waals surface area (Å²) in [6.45, 7) is 1.72. The molecule has 1 aliphatic rings. The lowest BCUT2D eigenvalue weighted by Crippen LogP contribution is -2.32. The zero-order valence-electron chi connectivity index (χ0n) is 15.5. The Morgan fingerprint density at radius 2 is 2.00 bits per heavy atom. The molecule has 6 nitrogen and oxygen atoms in total. The third-order valence-electron chi connectivity index (χ3n) is 4.81. The summed E-state index contributed by atoms with van der Waals surface area (Å²) in [7, 11) is 0. The van der Waals surface area contributed by atoms with Crippen molar-refractivity contribution in [2.75, 3.05) is 13.2 Å². The number of benzene rings is 2. The molecule has 0 unspecified atom stereocenters. The van der Waals surface area contributed by atoms with E-state index in [-0.39, 0.29) is 24.2 Å². The first-order valence-corrected chi connectivity index (χ1v) is 9.44. The van der Waals surface area contributed by atoms with E-state index in [4.69, 9.17) is 9.84 Å². The first-order chi connectivity index (χ1) is 13.7. The largest absolute Gasteiger partial charge is 0.508 e. The highest BCUT2D eigenvalue weighted by Crippen LogP contribution is 2.25. The molecule has 1 aliphatic heterocycles. The molecule has 144 valence electrons. The summed E-state index contributed by atoms with van der Waals surface area (Å²) in [5, 5.41) is 17.1. The van der Waals surface area contributed by atoms with Crippen LogP contribution in [0, 0.1) is 0 Å². The Balaban J connectivity index is 1.38. The van der Waals surface area contributed by atoms with Crippen LogP contribution in [0.2, 0.25) is 0 Å². The maximum Gasteiger partial charge on any atom is 0.224 e. The lowest BCUT2D eigenvalue weighted by molar-refractivity contribution is -0.121. The van der Waals surface area contributed by atoms with Gasteiger partial charge in [-0.25, -0.2) is 0 Å². The number of fused-ring (bicyclic) bond motifs is 1. The minimum atomic E-state index is -0.242. The second-order valence-electron chi connectivity index (χ2n) is 6.98. The Bertz CT molecular complexity index is 953. The van der Waals surface area contributed by atoms with Crippen molar-refractivity contribution in [1.29, 1.82) is 0 Å². The highest BCUT2D eigenvalue weighted by Gasteiger charge is 2.25. The number of nitrogens with one attached hydrogen (secondary N) is 1. The van der Waals surface area contributed by atoms with Gasteiger partial charge in [0.15, 0.2) is 0 Å². The van der Waals surface area contributed by atoms with Gasteiger partial charge < -0.3 is 15.2 Å². The third-order valence-corrected chi connectivity index (χ3v) is 4.81. The molecule has 6 heteroatoms. The van der Waals surface area contributed by atoms with E-state index < -0.39 is 0 Å². The molecule has 0 fully saturated rings. The quantitative estimate of drug-likeness (QED) is 0.692. The Morgan fingerprint density at radius 1 is 1.18 bits per heavy atom. The number of phenols is 1. The van der Waals surface area contributed by atoms with E-state index in [0.29, 0.717) is 19.7 Å². The minimum Gasteiger partial charge on any atom is -0.508 e. The van der Waals surface area contributed by atoms with Gasteiger partial charge in [-0.05, 0) is 35.2 Å². The molecule has 0 radical (unpaired) electrons. The maximum atomic E-state index is 12.3. The minimum absolute atomic E-state index is 0.106. The zero-order chi connectivity index (χ0) is 19.3. The number of rotatable bonds is 6. The number of nitrogens with zero attached hydrogens (tertiary/aromatic N) is 2. The standard InChI is InChI=1S/C22H23N3O3/c26-19-8-4-7-17(11-19)12-21(27)23-13-20-22-18(9-10-28-20)15-25(24-22)14-16-5-2-1-3-6-16/h1-8,11,15,20,26H,9-10,12-14H2,(H,23,27)/t20-/m0/s1. The van der Waals surface area contributed by atoms with Gasteiger partial charge in [-0.2, -0.15) is 5.10 Å². The van der Waals surface area contributed by atoms with E-state index in [2.05, 4.69) is 23.6 Å². The first kappa shape index (κ1) is 18.3. The number of phenolic OH excluding ortho intramolecular Hbond substituents is 1. The smallest absolute Gasteiger partial charge is 0.224 e. The lowest BCUT2D eigenvalue weighted by atomic mass is 10.1. The Hall–Kier alpha value is -3.12. The second-order valence-corrected chi connectivity index (χ2v) is 6.98. The summed E-state index contributed by atoms with van der Waals surface area (Å²) in [4.78, 5) is 12.3. The van der Waals surface area contributed by atoms with E-state index in [0.717, 1.165) is 17.7 Å². The molecule has 2 heterocycles. The number of hydrogen-bond donors (Lipinski definition) is 2. The SMILES string of the molecule is O=C(Cc1cccc(O)c1)NC[C@@H]1OCCc2cn(Cc3ccccc3)nc21. The van der Waals surface area contributed by atoms with Crippen molar-refractivity contribution in [3.63, 3.8) is 0 Å². The molecule has 0 saturated heterocycles. The summed E-state index contributed by atoms with van der Waals surface area (Å²) >= 11 is 0. The molecule has 0 aliphatic carbocycles. The molecule has 2 aromatic carbocycles. The van der Waals surface area contributed by atoms with Gasteiger partial charge in [0.05, 0.1) is 25.3 Å².